The lowest BCUT2D eigenvalue weighted by molar-refractivity contribution is 0.336. The van der Waals surface area contributed by atoms with Crippen LogP contribution in [0.4, 0.5) is 5.69 Å². The van der Waals surface area contributed by atoms with Crippen LogP contribution >= 0.6 is 11.6 Å². The highest BCUT2D eigenvalue weighted by Gasteiger charge is 2.24. The van der Waals surface area contributed by atoms with Gasteiger partial charge in [-0.15, -0.1) is 0 Å². The van der Waals surface area contributed by atoms with Crippen LogP contribution in [-0.4, -0.2) is 19.6 Å². The first-order chi connectivity index (χ1) is 10.1. The zero-order valence-electron chi connectivity index (χ0n) is 13.7. The van der Waals surface area contributed by atoms with Crippen molar-refractivity contribution in [2.45, 2.75) is 58.5 Å². The molecule has 21 heavy (non-hydrogen) atoms. The molecule has 0 bridgehead atoms. The van der Waals surface area contributed by atoms with Crippen LogP contribution < -0.4 is 10.2 Å². The molecular weight excluding hydrogens is 280 g/mol. The summed E-state index contributed by atoms with van der Waals surface area (Å²) in [5.41, 5.74) is 2.54. The van der Waals surface area contributed by atoms with Gasteiger partial charge in [-0.2, -0.15) is 0 Å². The van der Waals surface area contributed by atoms with Gasteiger partial charge in [0.2, 0.25) is 0 Å². The van der Waals surface area contributed by atoms with Crippen LogP contribution in [0.2, 0.25) is 5.02 Å². The molecule has 0 spiro atoms. The molecule has 2 unspecified atom stereocenters. The summed E-state index contributed by atoms with van der Waals surface area (Å²) in [5, 5.41) is 4.37. The fourth-order valence-electron chi connectivity index (χ4n) is 3.39. The van der Waals surface area contributed by atoms with Crippen LogP contribution in [-0.2, 0) is 6.54 Å². The van der Waals surface area contributed by atoms with E-state index in [1.54, 1.807) is 0 Å². The molecule has 0 aliphatic heterocycles. The maximum atomic E-state index is 6.45. The van der Waals surface area contributed by atoms with Gasteiger partial charge in [-0.25, -0.2) is 0 Å². The standard InChI is InChI=1S/C18H29ClN2/c1-4-11-20-13-16-17(19)9-6-10-18(16)21(3)15-8-5-7-14(2)12-15/h6,9-10,14-15,20H,4-5,7-8,11-13H2,1-3H3. The van der Waals surface area contributed by atoms with E-state index in [1.807, 2.05) is 6.07 Å². The summed E-state index contributed by atoms with van der Waals surface area (Å²) in [7, 11) is 2.23. The lowest BCUT2D eigenvalue weighted by atomic mass is 9.86. The fourth-order valence-corrected chi connectivity index (χ4v) is 3.63. The highest BCUT2D eigenvalue weighted by atomic mass is 35.5. The second-order valence-corrected chi connectivity index (χ2v) is 6.86. The molecule has 1 aliphatic carbocycles. The summed E-state index contributed by atoms with van der Waals surface area (Å²) in [6, 6.07) is 6.94. The van der Waals surface area contributed by atoms with E-state index in [2.05, 4.69) is 43.2 Å². The molecule has 1 aliphatic rings. The molecule has 1 aromatic rings. The van der Waals surface area contributed by atoms with E-state index in [1.165, 1.54) is 36.9 Å². The first kappa shape index (κ1) is 16.6. The Bertz CT molecular complexity index is 447. The quantitative estimate of drug-likeness (QED) is 0.755. The van der Waals surface area contributed by atoms with Crippen molar-refractivity contribution in [2.75, 3.05) is 18.5 Å². The molecule has 3 heteroatoms. The van der Waals surface area contributed by atoms with Crippen molar-refractivity contribution in [1.82, 2.24) is 5.32 Å². The first-order valence-electron chi connectivity index (χ1n) is 8.34. The second kappa shape index (κ2) is 8.05. The predicted octanol–water partition coefficient (Wildman–Crippen LogP) is 4.85. The summed E-state index contributed by atoms with van der Waals surface area (Å²) >= 11 is 6.45. The van der Waals surface area contributed by atoms with Gasteiger partial charge in [0.25, 0.3) is 0 Å². The van der Waals surface area contributed by atoms with E-state index in [4.69, 9.17) is 11.6 Å². The smallest absolute Gasteiger partial charge is 0.0471 e. The topological polar surface area (TPSA) is 15.3 Å². The van der Waals surface area contributed by atoms with Gasteiger partial charge in [-0.1, -0.05) is 44.4 Å². The number of nitrogens with one attached hydrogen (secondary N) is 1. The van der Waals surface area contributed by atoms with E-state index in [9.17, 15) is 0 Å². The minimum Gasteiger partial charge on any atom is -0.371 e. The van der Waals surface area contributed by atoms with E-state index < -0.39 is 0 Å². The molecule has 0 aromatic heterocycles. The Morgan fingerprint density at radius 3 is 2.86 bits per heavy atom. The van der Waals surface area contributed by atoms with Crippen molar-refractivity contribution < 1.29 is 0 Å². The van der Waals surface area contributed by atoms with Crippen LogP contribution in [0.25, 0.3) is 0 Å². The third kappa shape index (κ3) is 4.37. The molecular formula is C18H29ClN2. The minimum absolute atomic E-state index is 0.650. The monoisotopic (exact) mass is 308 g/mol. The maximum Gasteiger partial charge on any atom is 0.0471 e. The Morgan fingerprint density at radius 2 is 2.14 bits per heavy atom. The Hall–Kier alpha value is -0.730. The zero-order valence-corrected chi connectivity index (χ0v) is 14.4. The number of hydrogen-bond acceptors (Lipinski definition) is 2. The molecule has 1 N–H and O–H groups in total. The van der Waals surface area contributed by atoms with Crippen molar-refractivity contribution in [1.29, 1.82) is 0 Å². The van der Waals surface area contributed by atoms with Crippen molar-refractivity contribution in [3.63, 3.8) is 0 Å². The SMILES string of the molecule is CCCNCc1c(Cl)cccc1N(C)C1CCCC(C)C1. The lowest BCUT2D eigenvalue weighted by Crippen LogP contribution is -2.36. The predicted molar refractivity (Wildman–Crippen MR) is 93.3 cm³/mol. The van der Waals surface area contributed by atoms with Gasteiger partial charge in [0, 0.05) is 35.9 Å². The first-order valence-corrected chi connectivity index (χ1v) is 8.72. The van der Waals surface area contributed by atoms with E-state index in [0.29, 0.717) is 6.04 Å². The number of hydrogen-bond donors (Lipinski definition) is 1. The minimum atomic E-state index is 0.650. The van der Waals surface area contributed by atoms with Gasteiger partial charge in [-0.05, 0) is 43.9 Å². The molecule has 1 saturated carbocycles. The molecule has 2 rings (SSSR count). The maximum absolute atomic E-state index is 6.45. The second-order valence-electron chi connectivity index (χ2n) is 6.45. The van der Waals surface area contributed by atoms with Gasteiger partial charge in [0.1, 0.15) is 0 Å². The number of nitrogens with zero attached hydrogens (tertiary/aromatic N) is 1. The van der Waals surface area contributed by atoms with Gasteiger partial charge in [0.05, 0.1) is 0 Å². The molecule has 118 valence electrons. The van der Waals surface area contributed by atoms with Gasteiger partial charge in [-0.3, -0.25) is 0 Å². The van der Waals surface area contributed by atoms with Crippen LogP contribution in [0, 0.1) is 5.92 Å². The van der Waals surface area contributed by atoms with Crippen molar-refractivity contribution in [3.05, 3.63) is 28.8 Å². The van der Waals surface area contributed by atoms with Crippen LogP contribution in [0.1, 0.15) is 51.5 Å². The molecule has 2 atom stereocenters. The Morgan fingerprint density at radius 1 is 1.33 bits per heavy atom. The van der Waals surface area contributed by atoms with Crippen LogP contribution in [0.5, 0.6) is 0 Å². The molecule has 0 amide bonds. The Labute approximate surface area is 134 Å². The Balaban J connectivity index is 2.15. The largest absolute Gasteiger partial charge is 0.371 e. The van der Waals surface area contributed by atoms with Gasteiger partial charge < -0.3 is 10.2 Å². The lowest BCUT2D eigenvalue weighted by Gasteiger charge is -2.36. The van der Waals surface area contributed by atoms with Crippen molar-refractivity contribution >= 4 is 17.3 Å². The molecule has 2 nitrogen and oxygen atoms in total. The number of halogens is 1. The average molecular weight is 309 g/mol. The van der Waals surface area contributed by atoms with E-state index >= 15 is 0 Å². The summed E-state index contributed by atoms with van der Waals surface area (Å²) in [6.07, 6.45) is 6.47. The molecule has 0 saturated heterocycles. The van der Waals surface area contributed by atoms with E-state index in [-0.39, 0.29) is 0 Å². The molecule has 1 aromatic carbocycles. The zero-order chi connectivity index (χ0) is 15.2. The van der Waals surface area contributed by atoms with E-state index in [0.717, 1.165) is 30.5 Å². The van der Waals surface area contributed by atoms with Gasteiger partial charge in [0.15, 0.2) is 0 Å². The molecule has 1 fully saturated rings. The Kier molecular flexibility index (Phi) is 6.38. The number of rotatable bonds is 6. The molecule has 0 radical (unpaired) electrons. The summed E-state index contributed by atoms with van der Waals surface area (Å²) in [5.74, 6) is 0.840. The summed E-state index contributed by atoms with van der Waals surface area (Å²) in [4.78, 5) is 2.46. The van der Waals surface area contributed by atoms with Gasteiger partial charge >= 0.3 is 0 Å². The third-order valence-electron chi connectivity index (χ3n) is 4.66. The molecule has 0 heterocycles. The summed E-state index contributed by atoms with van der Waals surface area (Å²) < 4.78 is 0. The third-order valence-corrected chi connectivity index (χ3v) is 5.01. The van der Waals surface area contributed by atoms with Crippen LogP contribution in [0.3, 0.4) is 0 Å². The number of benzene rings is 1. The van der Waals surface area contributed by atoms with Crippen molar-refractivity contribution in [3.8, 4) is 0 Å². The van der Waals surface area contributed by atoms with Crippen LogP contribution in [0.15, 0.2) is 18.2 Å². The summed E-state index contributed by atoms with van der Waals surface area (Å²) in [6.45, 7) is 6.46. The highest BCUT2D eigenvalue weighted by molar-refractivity contribution is 6.31. The number of anilines is 1. The normalized spacial score (nSPS) is 22.3. The van der Waals surface area contributed by atoms with Crippen molar-refractivity contribution in [2.24, 2.45) is 5.92 Å². The average Bonchev–Trinajstić information content (AvgIpc) is 2.48. The fraction of sp³-hybridized carbons (Fsp3) is 0.667. The highest BCUT2D eigenvalue weighted by Crippen LogP contribution is 2.33.